The first-order valence-electron chi connectivity index (χ1n) is 24.5. The summed E-state index contributed by atoms with van der Waals surface area (Å²) in [5.74, 6) is 10.2. The molecule has 0 bridgehead atoms. The smallest absolute Gasteiger partial charge is 0.0766 e. The first-order valence-corrected chi connectivity index (χ1v) is 24.5. The summed E-state index contributed by atoms with van der Waals surface area (Å²) in [5.41, 5.74) is 0. The summed E-state index contributed by atoms with van der Waals surface area (Å²) in [7, 11) is 0. The average molecular weight is 699 g/mol. The Morgan fingerprint density at radius 2 is 0.784 bits per heavy atom. The Bertz CT molecular complexity index is 1190. The van der Waals surface area contributed by atoms with Gasteiger partial charge in [-0.1, -0.05) is 77.0 Å². The normalized spacial score (nSPS) is 53.8. The molecular formula is C48H78N2O. The first kappa shape index (κ1) is 34.2. The summed E-state index contributed by atoms with van der Waals surface area (Å²) in [5, 5.41) is 0. The summed E-state index contributed by atoms with van der Waals surface area (Å²) in [6.07, 6.45) is 47.1. The molecule has 0 spiro atoms. The fourth-order valence-electron chi connectivity index (χ4n) is 18.1. The molecule has 3 heterocycles. The van der Waals surface area contributed by atoms with Crippen LogP contribution in [0.2, 0.25) is 0 Å². The fourth-order valence-corrected chi connectivity index (χ4v) is 18.1. The van der Waals surface area contributed by atoms with Gasteiger partial charge in [0, 0.05) is 36.3 Å². The Balaban J connectivity index is 0.777. The minimum Gasteiger partial charge on any atom is -0.373 e. The summed E-state index contributed by atoms with van der Waals surface area (Å²) >= 11 is 0. The molecule has 0 amide bonds. The molecule has 8 saturated carbocycles. The van der Waals surface area contributed by atoms with E-state index in [1.54, 1.807) is 89.9 Å². The Labute approximate surface area is 313 Å². The van der Waals surface area contributed by atoms with E-state index in [-0.39, 0.29) is 0 Å². The van der Waals surface area contributed by atoms with Crippen molar-refractivity contribution in [3.63, 3.8) is 0 Å². The standard InChI is InChI=1S/C48H78N2O/c1-2-11-31(12-3-1)32-21-25-35(26-22-32)49-42-17-7-4-13-36(42)40-29-33(23-27-44(40)49)34-24-28-45-41(30-34)37-14-5-8-18-43(37)50(45)46-19-10-16-39-38-15-6-9-20-47(38)51-48(39)46/h31-48H,1-30H2. The van der Waals surface area contributed by atoms with E-state index in [0.29, 0.717) is 12.2 Å². The van der Waals surface area contributed by atoms with Crippen molar-refractivity contribution in [3.05, 3.63) is 0 Å². The van der Waals surface area contributed by atoms with Crippen molar-refractivity contribution in [1.29, 1.82) is 0 Å². The SMILES string of the molecule is C1CCC(C2CCC(N3C4CCCCC4C4CC(C5CCC6C(C5)C5CCCCC5N6C5CCCC6C7CCCCC7OC65)CCC43)CC2)CC1. The minimum absolute atomic E-state index is 0.581. The number of fused-ring (bicyclic) bond motifs is 9. The van der Waals surface area contributed by atoms with E-state index in [2.05, 4.69) is 9.80 Å². The molecule has 0 aromatic heterocycles. The Kier molecular flexibility index (Phi) is 9.66. The van der Waals surface area contributed by atoms with Crippen LogP contribution in [0.25, 0.3) is 0 Å². The van der Waals surface area contributed by atoms with E-state index >= 15 is 0 Å². The van der Waals surface area contributed by atoms with Crippen molar-refractivity contribution in [1.82, 2.24) is 9.80 Å². The van der Waals surface area contributed by atoms with Crippen molar-refractivity contribution in [3.8, 4) is 0 Å². The van der Waals surface area contributed by atoms with Gasteiger partial charge in [-0.25, -0.2) is 0 Å². The van der Waals surface area contributed by atoms with Crippen LogP contribution < -0.4 is 0 Å². The fraction of sp³-hybridized carbons (Fsp3) is 1.00. The second kappa shape index (κ2) is 14.4. The molecule has 0 aromatic carbocycles. The van der Waals surface area contributed by atoms with Gasteiger partial charge < -0.3 is 4.74 Å². The summed E-state index contributed by atoms with van der Waals surface area (Å²) in [6, 6.07) is 5.42. The maximum Gasteiger partial charge on any atom is 0.0766 e. The third-order valence-electron chi connectivity index (χ3n) is 20.0. The molecule has 0 aromatic rings. The van der Waals surface area contributed by atoms with Crippen molar-refractivity contribution in [2.75, 3.05) is 0 Å². The predicted molar refractivity (Wildman–Crippen MR) is 208 cm³/mol. The highest BCUT2D eigenvalue weighted by Gasteiger charge is 2.59. The Morgan fingerprint density at radius 3 is 1.49 bits per heavy atom. The molecule has 3 heteroatoms. The first-order chi connectivity index (χ1) is 25.3. The van der Waals surface area contributed by atoms with Gasteiger partial charge in [0.25, 0.3) is 0 Å². The lowest BCUT2D eigenvalue weighted by atomic mass is 9.62. The molecule has 0 radical (unpaired) electrons. The van der Waals surface area contributed by atoms with Crippen molar-refractivity contribution in [2.45, 2.75) is 241 Å². The van der Waals surface area contributed by atoms with Crippen LogP contribution in [-0.4, -0.2) is 58.3 Å². The van der Waals surface area contributed by atoms with Crippen LogP contribution in [0.5, 0.6) is 0 Å². The lowest BCUT2D eigenvalue weighted by molar-refractivity contribution is -0.0682. The third kappa shape index (κ3) is 5.93. The van der Waals surface area contributed by atoms with Crippen LogP contribution in [0.15, 0.2) is 0 Å². The maximum atomic E-state index is 7.19. The molecule has 15 atom stereocenters. The monoisotopic (exact) mass is 699 g/mol. The number of likely N-dealkylation sites (tertiary alicyclic amines) is 2. The molecule has 11 aliphatic rings. The molecular weight excluding hydrogens is 621 g/mol. The van der Waals surface area contributed by atoms with Gasteiger partial charge in [-0.05, 0) is 175 Å². The van der Waals surface area contributed by atoms with Crippen LogP contribution in [-0.2, 0) is 4.74 Å². The second-order valence-corrected chi connectivity index (χ2v) is 21.8. The molecule has 8 aliphatic carbocycles. The van der Waals surface area contributed by atoms with Gasteiger partial charge in [0.15, 0.2) is 0 Å². The van der Waals surface area contributed by atoms with Gasteiger partial charge in [-0.2, -0.15) is 0 Å². The summed E-state index contributed by atoms with van der Waals surface area (Å²) in [6.45, 7) is 0. The highest BCUT2D eigenvalue weighted by molar-refractivity contribution is 5.12. The van der Waals surface area contributed by atoms with E-state index in [1.807, 2.05) is 0 Å². The van der Waals surface area contributed by atoms with E-state index in [1.165, 1.54) is 103 Å². The summed E-state index contributed by atoms with van der Waals surface area (Å²) < 4.78 is 7.19. The quantitative estimate of drug-likeness (QED) is 0.291. The van der Waals surface area contributed by atoms with E-state index in [0.717, 1.165) is 95.4 Å². The number of rotatable bonds is 4. The highest BCUT2D eigenvalue weighted by atomic mass is 16.5. The van der Waals surface area contributed by atoms with Crippen molar-refractivity contribution in [2.24, 2.45) is 59.2 Å². The van der Waals surface area contributed by atoms with Gasteiger partial charge in [0.1, 0.15) is 0 Å². The molecule has 3 saturated heterocycles. The molecule has 286 valence electrons. The van der Waals surface area contributed by atoms with E-state index < -0.39 is 0 Å². The number of hydrogen-bond acceptors (Lipinski definition) is 3. The lowest BCUT2D eigenvalue weighted by Crippen LogP contribution is -2.55. The molecule has 3 aliphatic heterocycles. The lowest BCUT2D eigenvalue weighted by Gasteiger charge is -2.48. The molecule has 15 unspecified atom stereocenters. The van der Waals surface area contributed by atoms with Gasteiger partial charge in [-0.3, -0.25) is 9.80 Å². The zero-order chi connectivity index (χ0) is 33.5. The Morgan fingerprint density at radius 1 is 0.294 bits per heavy atom. The number of ether oxygens (including phenoxy) is 1. The largest absolute Gasteiger partial charge is 0.373 e. The van der Waals surface area contributed by atoms with Gasteiger partial charge in [0.2, 0.25) is 0 Å². The minimum atomic E-state index is 0.581. The van der Waals surface area contributed by atoms with Crippen LogP contribution in [0.1, 0.15) is 193 Å². The third-order valence-corrected chi connectivity index (χ3v) is 20.0. The van der Waals surface area contributed by atoms with Crippen LogP contribution in [0.4, 0.5) is 0 Å². The number of hydrogen-bond donors (Lipinski definition) is 0. The van der Waals surface area contributed by atoms with Crippen LogP contribution in [0, 0.1) is 59.2 Å². The van der Waals surface area contributed by atoms with Crippen LogP contribution in [0.3, 0.4) is 0 Å². The van der Waals surface area contributed by atoms with Crippen molar-refractivity contribution >= 4 is 0 Å². The van der Waals surface area contributed by atoms with Gasteiger partial charge >= 0.3 is 0 Å². The topological polar surface area (TPSA) is 15.7 Å². The highest BCUT2D eigenvalue weighted by Crippen LogP contribution is 2.59. The number of nitrogens with zero attached hydrogens (tertiary/aromatic N) is 2. The van der Waals surface area contributed by atoms with Crippen molar-refractivity contribution < 1.29 is 4.74 Å². The Hall–Kier alpha value is -0.120. The van der Waals surface area contributed by atoms with Gasteiger partial charge in [-0.15, -0.1) is 0 Å². The molecule has 0 N–H and O–H groups in total. The van der Waals surface area contributed by atoms with E-state index in [9.17, 15) is 0 Å². The zero-order valence-electron chi connectivity index (χ0n) is 32.9. The molecule has 11 rings (SSSR count). The zero-order valence-corrected chi connectivity index (χ0v) is 32.9. The molecule has 11 fully saturated rings. The maximum absolute atomic E-state index is 7.19. The average Bonchev–Trinajstić information content (AvgIpc) is 3.86. The predicted octanol–water partition coefficient (Wildman–Crippen LogP) is 11.6. The molecule has 3 nitrogen and oxygen atoms in total. The van der Waals surface area contributed by atoms with Crippen LogP contribution >= 0.6 is 0 Å². The summed E-state index contributed by atoms with van der Waals surface area (Å²) in [4.78, 5) is 6.61. The molecule has 51 heavy (non-hydrogen) atoms. The van der Waals surface area contributed by atoms with Gasteiger partial charge in [0.05, 0.1) is 12.2 Å². The van der Waals surface area contributed by atoms with E-state index in [4.69, 9.17) is 4.74 Å². The second-order valence-electron chi connectivity index (χ2n) is 21.8.